The Morgan fingerprint density at radius 1 is 1.67 bits per heavy atom. The molecule has 0 aromatic carbocycles. The van der Waals surface area contributed by atoms with Gasteiger partial charge in [0.15, 0.2) is 0 Å². The maximum Gasteiger partial charge on any atom is 0.128 e. The summed E-state index contributed by atoms with van der Waals surface area (Å²) >= 11 is 0. The molecule has 0 atom stereocenters. The predicted octanol–water partition coefficient (Wildman–Crippen LogP) is 1.21. The molecule has 80 valence electrons. The lowest BCUT2D eigenvalue weighted by molar-refractivity contribution is 0.777. The number of nitrogens with one attached hydrogen (secondary N) is 1. The number of nitrogens with zero attached hydrogens (tertiary/aromatic N) is 2. The van der Waals surface area contributed by atoms with Crippen LogP contribution in [0, 0.1) is 11.3 Å². The van der Waals surface area contributed by atoms with Crippen molar-refractivity contribution in [3.63, 3.8) is 0 Å². The fourth-order valence-electron chi connectivity index (χ4n) is 1.58. The van der Waals surface area contributed by atoms with Gasteiger partial charge in [0.05, 0.1) is 0 Å². The Labute approximate surface area is 89.6 Å². The van der Waals surface area contributed by atoms with E-state index in [9.17, 15) is 0 Å². The Morgan fingerprint density at radius 2 is 2.40 bits per heavy atom. The maximum absolute atomic E-state index is 7.36. The number of rotatable bonds is 4. The third-order valence-corrected chi connectivity index (χ3v) is 2.68. The van der Waals surface area contributed by atoms with Crippen LogP contribution in [0.1, 0.15) is 18.4 Å². The predicted molar refractivity (Wildman–Crippen MR) is 61.2 cm³/mol. The summed E-state index contributed by atoms with van der Waals surface area (Å²) in [7, 11) is 2.03. The number of hydrogen-bond acceptors (Lipinski definition) is 3. The molecular formula is C11H16N4. The van der Waals surface area contributed by atoms with Gasteiger partial charge in [0.25, 0.3) is 0 Å². The van der Waals surface area contributed by atoms with E-state index in [0.717, 1.165) is 23.8 Å². The average molecular weight is 204 g/mol. The molecule has 1 saturated carbocycles. The molecule has 1 aromatic heterocycles. The van der Waals surface area contributed by atoms with Crippen molar-refractivity contribution in [2.24, 2.45) is 11.7 Å². The largest absolute Gasteiger partial charge is 0.384 e. The van der Waals surface area contributed by atoms with Gasteiger partial charge in [-0.3, -0.25) is 5.41 Å². The van der Waals surface area contributed by atoms with E-state index in [1.807, 2.05) is 13.1 Å². The first-order valence-corrected chi connectivity index (χ1v) is 5.18. The molecule has 0 radical (unpaired) electrons. The minimum atomic E-state index is 0.0958. The molecule has 0 spiro atoms. The first-order valence-electron chi connectivity index (χ1n) is 5.18. The molecule has 4 heteroatoms. The number of hydrogen-bond donors (Lipinski definition) is 2. The van der Waals surface area contributed by atoms with Crippen LogP contribution in [0.25, 0.3) is 0 Å². The summed E-state index contributed by atoms with van der Waals surface area (Å²) in [4.78, 5) is 6.41. The molecule has 0 bridgehead atoms. The van der Waals surface area contributed by atoms with E-state index in [-0.39, 0.29) is 5.84 Å². The smallest absolute Gasteiger partial charge is 0.128 e. The van der Waals surface area contributed by atoms with Crippen LogP contribution < -0.4 is 10.6 Å². The molecule has 0 unspecified atom stereocenters. The topological polar surface area (TPSA) is 66.0 Å². The van der Waals surface area contributed by atoms with Crippen LogP contribution in [0.3, 0.4) is 0 Å². The van der Waals surface area contributed by atoms with Crippen molar-refractivity contribution in [3.05, 3.63) is 23.9 Å². The highest BCUT2D eigenvalue weighted by atomic mass is 15.2. The SMILES string of the molecule is CN(CC1CC1)c1cc(C(=N)N)ccn1. The standard InChI is InChI=1S/C11H16N4/c1-15(7-8-2-3-8)10-6-9(11(12)13)4-5-14-10/h4-6,8H,2-3,7H2,1H3,(H3,12,13). The third kappa shape index (κ3) is 2.46. The van der Waals surface area contributed by atoms with Gasteiger partial charge in [0.2, 0.25) is 0 Å². The summed E-state index contributed by atoms with van der Waals surface area (Å²) in [6.07, 6.45) is 4.36. The summed E-state index contributed by atoms with van der Waals surface area (Å²) in [5, 5.41) is 7.36. The van der Waals surface area contributed by atoms with Crippen molar-refractivity contribution in [2.45, 2.75) is 12.8 Å². The number of amidine groups is 1. The summed E-state index contributed by atoms with van der Waals surface area (Å²) in [6, 6.07) is 3.63. The second-order valence-electron chi connectivity index (χ2n) is 4.14. The Morgan fingerprint density at radius 3 is 3.00 bits per heavy atom. The minimum absolute atomic E-state index is 0.0958. The molecule has 1 heterocycles. The summed E-state index contributed by atoms with van der Waals surface area (Å²) in [6.45, 7) is 1.05. The monoisotopic (exact) mass is 204 g/mol. The Kier molecular flexibility index (Phi) is 2.58. The van der Waals surface area contributed by atoms with Gasteiger partial charge in [-0.25, -0.2) is 4.98 Å². The number of nitrogens with two attached hydrogens (primary N) is 1. The van der Waals surface area contributed by atoms with Crippen LogP contribution in [0.4, 0.5) is 5.82 Å². The van der Waals surface area contributed by atoms with Crippen LogP contribution in [0.15, 0.2) is 18.3 Å². The van der Waals surface area contributed by atoms with Crippen LogP contribution in [-0.2, 0) is 0 Å². The minimum Gasteiger partial charge on any atom is -0.384 e. The van der Waals surface area contributed by atoms with E-state index < -0.39 is 0 Å². The van der Waals surface area contributed by atoms with E-state index >= 15 is 0 Å². The summed E-state index contributed by atoms with van der Waals surface area (Å²) in [5.41, 5.74) is 6.17. The number of aromatic nitrogens is 1. The molecule has 1 aliphatic rings. The molecule has 15 heavy (non-hydrogen) atoms. The number of pyridine rings is 1. The lowest BCUT2D eigenvalue weighted by Crippen LogP contribution is -2.22. The molecule has 3 N–H and O–H groups in total. The van der Waals surface area contributed by atoms with Crippen molar-refractivity contribution in [1.29, 1.82) is 5.41 Å². The van der Waals surface area contributed by atoms with Gasteiger partial charge in [-0.05, 0) is 30.9 Å². The normalized spacial score (nSPS) is 15.0. The highest BCUT2D eigenvalue weighted by Crippen LogP contribution is 2.30. The number of anilines is 1. The van der Waals surface area contributed by atoms with Crippen LogP contribution >= 0.6 is 0 Å². The van der Waals surface area contributed by atoms with Crippen molar-refractivity contribution in [2.75, 3.05) is 18.5 Å². The third-order valence-electron chi connectivity index (χ3n) is 2.68. The zero-order chi connectivity index (χ0) is 10.8. The molecule has 1 aliphatic carbocycles. The lowest BCUT2D eigenvalue weighted by Gasteiger charge is -2.18. The van der Waals surface area contributed by atoms with E-state index in [2.05, 4.69) is 9.88 Å². The Hall–Kier alpha value is -1.58. The van der Waals surface area contributed by atoms with Crippen LogP contribution in [-0.4, -0.2) is 24.4 Å². The van der Waals surface area contributed by atoms with Crippen molar-refractivity contribution in [3.8, 4) is 0 Å². The van der Waals surface area contributed by atoms with Gasteiger partial charge in [0.1, 0.15) is 11.7 Å². The first kappa shape index (κ1) is 9.96. The first-order chi connectivity index (χ1) is 7.16. The van der Waals surface area contributed by atoms with E-state index in [1.54, 1.807) is 12.3 Å². The van der Waals surface area contributed by atoms with Crippen molar-refractivity contribution in [1.82, 2.24) is 4.98 Å². The van der Waals surface area contributed by atoms with Gasteiger partial charge in [-0.15, -0.1) is 0 Å². The quantitative estimate of drug-likeness (QED) is 0.572. The van der Waals surface area contributed by atoms with Crippen molar-refractivity contribution >= 4 is 11.7 Å². The van der Waals surface area contributed by atoms with E-state index in [0.29, 0.717) is 0 Å². The maximum atomic E-state index is 7.36. The highest BCUT2D eigenvalue weighted by Gasteiger charge is 2.23. The molecule has 1 fully saturated rings. The molecule has 0 aliphatic heterocycles. The fourth-order valence-corrected chi connectivity index (χ4v) is 1.58. The number of nitrogen functional groups attached to an aromatic ring is 1. The zero-order valence-corrected chi connectivity index (χ0v) is 8.90. The van der Waals surface area contributed by atoms with Crippen LogP contribution in [0.2, 0.25) is 0 Å². The molecule has 0 saturated heterocycles. The average Bonchev–Trinajstić information content (AvgIpc) is 3.02. The molecule has 0 amide bonds. The Balaban J connectivity index is 2.11. The molecule has 4 nitrogen and oxygen atoms in total. The highest BCUT2D eigenvalue weighted by molar-refractivity contribution is 5.95. The molecule has 2 rings (SSSR count). The second kappa shape index (κ2) is 3.88. The summed E-state index contributed by atoms with van der Waals surface area (Å²) < 4.78 is 0. The van der Waals surface area contributed by atoms with Gasteiger partial charge < -0.3 is 10.6 Å². The van der Waals surface area contributed by atoms with Gasteiger partial charge >= 0.3 is 0 Å². The summed E-state index contributed by atoms with van der Waals surface area (Å²) in [5.74, 6) is 1.82. The molecular weight excluding hydrogens is 188 g/mol. The van der Waals surface area contributed by atoms with Gasteiger partial charge in [-0.1, -0.05) is 0 Å². The molecule has 1 aromatic rings. The van der Waals surface area contributed by atoms with Crippen molar-refractivity contribution < 1.29 is 0 Å². The van der Waals surface area contributed by atoms with Gasteiger partial charge in [-0.2, -0.15) is 0 Å². The second-order valence-corrected chi connectivity index (χ2v) is 4.14. The van der Waals surface area contributed by atoms with E-state index in [4.69, 9.17) is 11.1 Å². The van der Waals surface area contributed by atoms with E-state index in [1.165, 1.54) is 12.8 Å². The zero-order valence-electron chi connectivity index (χ0n) is 8.90. The lowest BCUT2D eigenvalue weighted by atomic mass is 10.2. The Bertz CT molecular complexity index is 371. The van der Waals surface area contributed by atoms with Crippen LogP contribution in [0.5, 0.6) is 0 Å². The van der Waals surface area contributed by atoms with Gasteiger partial charge in [0, 0.05) is 25.4 Å². The fraction of sp³-hybridized carbons (Fsp3) is 0.455.